The Kier molecular flexibility index (Phi) is 4.05. The first-order valence-corrected chi connectivity index (χ1v) is 6.37. The predicted octanol–water partition coefficient (Wildman–Crippen LogP) is -0.168. The molecule has 2 aromatic heterocycles. The second-order valence-electron chi connectivity index (χ2n) is 4.36. The van der Waals surface area contributed by atoms with Gasteiger partial charge < -0.3 is 11.1 Å². The van der Waals surface area contributed by atoms with Crippen molar-refractivity contribution in [3.8, 4) is 11.8 Å². The highest BCUT2D eigenvalue weighted by atomic mass is 16.1. The number of rotatable bonds is 4. The van der Waals surface area contributed by atoms with Gasteiger partial charge in [-0.15, -0.1) is 5.92 Å². The van der Waals surface area contributed by atoms with Crippen molar-refractivity contribution in [1.82, 2.24) is 19.1 Å². The van der Waals surface area contributed by atoms with Crippen LogP contribution in [-0.4, -0.2) is 32.2 Å². The number of nitrogens with one attached hydrogen (secondary N) is 1. The topological polar surface area (TPSA) is 90.8 Å². The van der Waals surface area contributed by atoms with Crippen molar-refractivity contribution in [2.75, 3.05) is 18.4 Å². The summed E-state index contributed by atoms with van der Waals surface area (Å²) in [6.07, 6.45) is 0. The van der Waals surface area contributed by atoms with Crippen molar-refractivity contribution in [3.63, 3.8) is 0 Å². The van der Waals surface area contributed by atoms with Crippen molar-refractivity contribution in [2.45, 2.75) is 20.4 Å². The minimum atomic E-state index is -0.126. The Morgan fingerprint density at radius 3 is 2.80 bits per heavy atom. The van der Waals surface area contributed by atoms with Gasteiger partial charge in [-0.05, 0) is 13.8 Å². The molecule has 0 saturated carbocycles. The number of nitrogens with two attached hydrogens (primary N) is 1. The second kappa shape index (κ2) is 5.75. The van der Waals surface area contributed by atoms with E-state index in [1.807, 2.05) is 0 Å². The maximum absolute atomic E-state index is 12.4. The van der Waals surface area contributed by atoms with E-state index in [1.165, 1.54) is 4.57 Å². The SMILES string of the molecule is CC#CCn1c(NCCN)nc2nc(C)n(C)c(=O)c21. The Hall–Kier alpha value is -2.33. The Bertz CT molecular complexity index is 746. The summed E-state index contributed by atoms with van der Waals surface area (Å²) >= 11 is 0. The van der Waals surface area contributed by atoms with Crippen LogP contribution in [0.2, 0.25) is 0 Å². The van der Waals surface area contributed by atoms with Crippen LogP contribution in [0, 0.1) is 18.8 Å². The molecule has 0 aliphatic heterocycles. The molecule has 7 nitrogen and oxygen atoms in total. The highest BCUT2D eigenvalue weighted by Gasteiger charge is 2.16. The molecule has 0 saturated heterocycles. The molecule has 106 valence electrons. The zero-order chi connectivity index (χ0) is 14.7. The maximum atomic E-state index is 12.4. The largest absolute Gasteiger partial charge is 0.354 e. The van der Waals surface area contributed by atoms with Crippen LogP contribution in [0.5, 0.6) is 0 Å². The molecule has 0 bridgehead atoms. The number of hydrogen-bond donors (Lipinski definition) is 2. The standard InChI is InChI=1S/C13H18N6O/c1-4-5-8-19-10-11(17-13(19)15-7-6-14)16-9(2)18(3)12(10)20/h6-8,14H2,1-3H3,(H,15,17). The lowest BCUT2D eigenvalue weighted by Crippen LogP contribution is -2.23. The number of aromatic nitrogens is 4. The third-order valence-electron chi connectivity index (χ3n) is 3.05. The first-order chi connectivity index (χ1) is 9.60. The molecule has 2 aromatic rings. The van der Waals surface area contributed by atoms with Gasteiger partial charge in [-0.1, -0.05) is 5.92 Å². The van der Waals surface area contributed by atoms with Crippen LogP contribution in [0.3, 0.4) is 0 Å². The van der Waals surface area contributed by atoms with Crippen LogP contribution < -0.4 is 16.6 Å². The first-order valence-electron chi connectivity index (χ1n) is 6.37. The van der Waals surface area contributed by atoms with E-state index in [0.29, 0.717) is 42.6 Å². The zero-order valence-electron chi connectivity index (χ0n) is 11.9. The molecular formula is C13H18N6O. The zero-order valence-corrected chi connectivity index (χ0v) is 11.9. The molecule has 0 radical (unpaired) electrons. The highest BCUT2D eigenvalue weighted by molar-refractivity contribution is 5.74. The predicted molar refractivity (Wildman–Crippen MR) is 78.5 cm³/mol. The molecular weight excluding hydrogens is 256 g/mol. The van der Waals surface area contributed by atoms with E-state index in [0.717, 1.165) is 0 Å². The van der Waals surface area contributed by atoms with Crippen molar-refractivity contribution in [1.29, 1.82) is 0 Å². The highest BCUT2D eigenvalue weighted by Crippen LogP contribution is 2.15. The van der Waals surface area contributed by atoms with E-state index in [2.05, 4.69) is 27.1 Å². The summed E-state index contributed by atoms with van der Waals surface area (Å²) in [6, 6.07) is 0. The molecule has 0 unspecified atom stereocenters. The molecule has 0 aliphatic rings. The van der Waals surface area contributed by atoms with Crippen molar-refractivity contribution >= 4 is 17.1 Å². The molecule has 0 amide bonds. The van der Waals surface area contributed by atoms with Gasteiger partial charge in [-0.3, -0.25) is 13.9 Å². The summed E-state index contributed by atoms with van der Waals surface area (Å²) in [5, 5.41) is 3.10. The lowest BCUT2D eigenvalue weighted by molar-refractivity contribution is 0.776. The number of fused-ring (bicyclic) bond motifs is 1. The summed E-state index contributed by atoms with van der Waals surface area (Å²) in [6.45, 7) is 4.97. The summed E-state index contributed by atoms with van der Waals surface area (Å²) in [5.41, 5.74) is 6.26. The maximum Gasteiger partial charge on any atom is 0.279 e. The van der Waals surface area contributed by atoms with Crippen molar-refractivity contribution < 1.29 is 0 Å². The van der Waals surface area contributed by atoms with Gasteiger partial charge in [0.25, 0.3) is 5.56 Å². The van der Waals surface area contributed by atoms with Gasteiger partial charge in [0.15, 0.2) is 11.2 Å². The smallest absolute Gasteiger partial charge is 0.279 e. The fourth-order valence-electron chi connectivity index (χ4n) is 1.89. The van der Waals surface area contributed by atoms with Crippen LogP contribution in [0.1, 0.15) is 12.7 Å². The quantitative estimate of drug-likeness (QED) is 0.756. The fourth-order valence-corrected chi connectivity index (χ4v) is 1.89. The van der Waals surface area contributed by atoms with Gasteiger partial charge in [-0.25, -0.2) is 4.98 Å². The van der Waals surface area contributed by atoms with E-state index in [1.54, 1.807) is 25.5 Å². The number of hydrogen-bond acceptors (Lipinski definition) is 5. The monoisotopic (exact) mass is 274 g/mol. The average Bonchev–Trinajstić information content (AvgIpc) is 2.77. The van der Waals surface area contributed by atoms with Crippen LogP contribution in [0.25, 0.3) is 11.2 Å². The molecule has 0 atom stereocenters. The van der Waals surface area contributed by atoms with Gasteiger partial charge in [-0.2, -0.15) is 4.98 Å². The summed E-state index contributed by atoms with van der Waals surface area (Å²) in [4.78, 5) is 21.1. The molecule has 2 heterocycles. The Morgan fingerprint density at radius 1 is 1.40 bits per heavy atom. The van der Waals surface area contributed by atoms with Crippen LogP contribution >= 0.6 is 0 Å². The van der Waals surface area contributed by atoms with Crippen molar-refractivity contribution in [2.24, 2.45) is 12.8 Å². The number of nitrogens with zero attached hydrogens (tertiary/aromatic N) is 4. The molecule has 7 heteroatoms. The molecule has 2 rings (SSSR count). The van der Waals surface area contributed by atoms with Crippen molar-refractivity contribution in [3.05, 3.63) is 16.2 Å². The van der Waals surface area contributed by atoms with E-state index >= 15 is 0 Å². The lowest BCUT2D eigenvalue weighted by Gasteiger charge is -2.07. The second-order valence-corrected chi connectivity index (χ2v) is 4.36. The first kappa shape index (κ1) is 14.1. The Morgan fingerprint density at radius 2 is 2.15 bits per heavy atom. The fraction of sp³-hybridized carbons (Fsp3) is 0.462. The summed E-state index contributed by atoms with van der Waals surface area (Å²) in [7, 11) is 1.69. The molecule has 0 spiro atoms. The summed E-state index contributed by atoms with van der Waals surface area (Å²) in [5.74, 6) is 6.96. The third-order valence-corrected chi connectivity index (χ3v) is 3.05. The van der Waals surface area contributed by atoms with Gasteiger partial charge in [0.2, 0.25) is 5.95 Å². The number of imidazole rings is 1. The van der Waals surface area contributed by atoms with Gasteiger partial charge in [0.05, 0.1) is 6.54 Å². The molecule has 0 fully saturated rings. The average molecular weight is 274 g/mol. The molecule has 3 N–H and O–H groups in total. The Balaban J connectivity index is 2.69. The van der Waals surface area contributed by atoms with Gasteiger partial charge in [0, 0.05) is 20.1 Å². The van der Waals surface area contributed by atoms with E-state index in [-0.39, 0.29) is 5.56 Å². The summed E-state index contributed by atoms with van der Waals surface area (Å²) < 4.78 is 3.25. The number of anilines is 1. The molecule has 0 aromatic carbocycles. The molecule has 0 aliphatic carbocycles. The van der Waals surface area contributed by atoms with E-state index in [4.69, 9.17) is 5.73 Å². The van der Waals surface area contributed by atoms with Gasteiger partial charge in [0.1, 0.15) is 5.82 Å². The van der Waals surface area contributed by atoms with Crippen LogP contribution in [0.15, 0.2) is 4.79 Å². The minimum Gasteiger partial charge on any atom is -0.354 e. The van der Waals surface area contributed by atoms with Gasteiger partial charge >= 0.3 is 0 Å². The Labute approximate surface area is 116 Å². The van der Waals surface area contributed by atoms with Crippen LogP contribution in [-0.2, 0) is 13.6 Å². The normalized spacial score (nSPS) is 10.4. The van der Waals surface area contributed by atoms with E-state index < -0.39 is 0 Å². The van der Waals surface area contributed by atoms with Crippen LogP contribution in [0.4, 0.5) is 5.95 Å². The number of aryl methyl sites for hydroxylation is 1. The molecule has 20 heavy (non-hydrogen) atoms. The van der Waals surface area contributed by atoms with E-state index in [9.17, 15) is 4.79 Å². The third kappa shape index (κ3) is 2.38. The minimum absolute atomic E-state index is 0.126. The lowest BCUT2D eigenvalue weighted by atomic mass is 10.4.